The standard InChI is InChI=1S/C32H29ClN4O2/c1-35-37-30(17-19-34)27-13-11-26(12-14-27)25-9-7-23(8-10-25)18-20-36-32(38)29-21-28(33)15-16-31(29)39-22-24-5-3-2-4-6-24/h2-17,19,21H,1,18,20,22,34H2,(H,36,38)/b19-17+,37-30+. The highest BCUT2D eigenvalue weighted by Gasteiger charge is 2.14. The first-order chi connectivity index (χ1) is 19.1. The Morgan fingerprint density at radius 3 is 2.28 bits per heavy atom. The topological polar surface area (TPSA) is 89.1 Å². The molecule has 1 amide bonds. The van der Waals surface area contributed by atoms with Crippen molar-refractivity contribution in [2.45, 2.75) is 13.0 Å². The zero-order chi connectivity index (χ0) is 27.5. The second-order valence-corrected chi connectivity index (χ2v) is 9.12. The number of nitrogens with two attached hydrogens (primary N) is 1. The number of halogens is 1. The number of carbonyl (C=O) groups is 1. The predicted octanol–water partition coefficient (Wildman–Crippen LogP) is 6.44. The smallest absolute Gasteiger partial charge is 0.255 e. The molecule has 0 radical (unpaired) electrons. The van der Waals surface area contributed by atoms with Gasteiger partial charge in [-0.3, -0.25) is 4.79 Å². The van der Waals surface area contributed by atoms with Crippen molar-refractivity contribution in [3.05, 3.63) is 137 Å². The zero-order valence-corrected chi connectivity index (χ0v) is 22.1. The maximum absolute atomic E-state index is 12.9. The summed E-state index contributed by atoms with van der Waals surface area (Å²) < 4.78 is 5.92. The van der Waals surface area contributed by atoms with Crippen molar-refractivity contribution in [2.24, 2.45) is 15.9 Å². The van der Waals surface area contributed by atoms with E-state index in [1.165, 1.54) is 6.20 Å². The molecule has 0 aromatic heterocycles. The lowest BCUT2D eigenvalue weighted by Gasteiger charge is -2.13. The van der Waals surface area contributed by atoms with Gasteiger partial charge in [-0.05, 0) is 59.1 Å². The van der Waals surface area contributed by atoms with Crippen molar-refractivity contribution in [3.63, 3.8) is 0 Å². The van der Waals surface area contributed by atoms with Gasteiger partial charge in [0.1, 0.15) is 12.4 Å². The van der Waals surface area contributed by atoms with E-state index < -0.39 is 0 Å². The van der Waals surface area contributed by atoms with Gasteiger partial charge < -0.3 is 15.8 Å². The van der Waals surface area contributed by atoms with Crippen molar-refractivity contribution in [3.8, 4) is 16.9 Å². The first-order valence-corrected chi connectivity index (χ1v) is 12.8. The molecular formula is C32H29ClN4O2. The summed E-state index contributed by atoms with van der Waals surface area (Å²) >= 11 is 6.17. The van der Waals surface area contributed by atoms with Gasteiger partial charge in [-0.15, -0.1) is 0 Å². The summed E-state index contributed by atoms with van der Waals surface area (Å²) in [5.74, 6) is 0.269. The van der Waals surface area contributed by atoms with Gasteiger partial charge in [0.2, 0.25) is 0 Å². The lowest BCUT2D eigenvalue weighted by Crippen LogP contribution is -2.26. The van der Waals surface area contributed by atoms with E-state index in [0.29, 0.717) is 41.6 Å². The normalized spacial score (nSPS) is 11.4. The number of hydrogen-bond donors (Lipinski definition) is 2. The average molecular weight is 537 g/mol. The molecule has 0 atom stereocenters. The molecule has 39 heavy (non-hydrogen) atoms. The Hall–Kier alpha value is -4.68. The monoisotopic (exact) mass is 536 g/mol. The van der Waals surface area contributed by atoms with Gasteiger partial charge in [0.15, 0.2) is 0 Å². The van der Waals surface area contributed by atoms with Gasteiger partial charge in [0.05, 0.1) is 11.3 Å². The third kappa shape index (κ3) is 7.66. The van der Waals surface area contributed by atoms with Gasteiger partial charge >= 0.3 is 0 Å². The molecule has 7 heteroatoms. The number of amides is 1. The Labute approximate surface area is 233 Å². The number of carbonyl (C=O) groups excluding carboxylic acids is 1. The number of nitrogens with one attached hydrogen (secondary N) is 1. The molecule has 0 unspecified atom stereocenters. The van der Waals surface area contributed by atoms with Crippen LogP contribution in [0, 0.1) is 0 Å². The zero-order valence-electron chi connectivity index (χ0n) is 21.4. The van der Waals surface area contributed by atoms with E-state index in [0.717, 1.165) is 27.8 Å². The van der Waals surface area contributed by atoms with Gasteiger partial charge in [-0.2, -0.15) is 10.2 Å². The average Bonchev–Trinajstić information content (AvgIpc) is 2.97. The minimum atomic E-state index is -0.226. The molecule has 0 spiro atoms. The second kappa shape index (κ2) is 13.7. The summed E-state index contributed by atoms with van der Waals surface area (Å²) in [5.41, 5.74) is 11.7. The molecule has 0 bridgehead atoms. The fourth-order valence-corrected chi connectivity index (χ4v) is 4.18. The van der Waals surface area contributed by atoms with Crippen LogP contribution >= 0.6 is 11.6 Å². The molecule has 0 fully saturated rings. The molecule has 0 saturated heterocycles. The van der Waals surface area contributed by atoms with Crippen LogP contribution in [0.4, 0.5) is 0 Å². The third-order valence-electron chi connectivity index (χ3n) is 6.02. The molecule has 0 saturated carbocycles. The van der Waals surface area contributed by atoms with Gasteiger partial charge in [-0.1, -0.05) is 90.5 Å². The molecule has 4 aromatic carbocycles. The van der Waals surface area contributed by atoms with Crippen molar-refractivity contribution in [1.29, 1.82) is 0 Å². The van der Waals surface area contributed by atoms with Crippen molar-refractivity contribution in [1.82, 2.24) is 5.32 Å². The number of nitrogens with zero attached hydrogens (tertiary/aromatic N) is 2. The van der Waals surface area contributed by atoms with Crippen LogP contribution in [0.1, 0.15) is 27.0 Å². The Bertz CT molecular complexity index is 1460. The van der Waals surface area contributed by atoms with E-state index in [1.54, 1.807) is 24.3 Å². The molecule has 4 rings (SSSR count). The predicted molar refractivity (Wildman–Crippen MR) is 160 cm³/mol. The maximum Gasteiger partial charge on any atom is 0.255 e. The minimum absolute atomic E-state index is 0.226. The molecule has 4 aromatic rings. The fourth-order valence-electron chi connectivity index (χ4n) is 4.01. The Kier molecular flexibility index (Phi) is 9.64. The van der Waals surface area contributed by atoms with Crippen molar-refractivity contribution in [2.75, 3.05) is 6.54 Å². The first kappa shape index (κ1) is 27.4. The summed E-state index contributed by atoms with van der Waals surface area (Å²) in [6, 6.07) is 31.1. The van der Waals surface area contributed by atoms with Crippen LogP contribution in [0.5, 0.6) is 5.75 Å². The number of allylic oxidation sites excluding steroid dienone is 1. The first-order valence-electron chi connectivity index (χ1n) is 12.4. The van der Waals surface area contributed by atoms with E-state index in [1.807, 2.05) is 54.6 Å². The summed E-state index contributed by atoms with van der Waals surface area (Å²) in [6.07, 6.45) is 3.79. The van der Waals surface area contributed by atoms with Gasteiger partial charge in [-0.25, -0.2) is 0 Å². The summed E-state index contributed by atoms with van der Waals surface area (Å²) in [6.45, 7) is 4.25. The maximum atomic E-state index is 12.9. The number of ether oxygens (including phenoxy) is 1. The SMILES string of the molecule is C=N/N=C(\C=C\N)c1ccc(-c2ccc(CCNC(=O)c3cc(Cl)ccc3OCc3ccccc3)cc2)cc1. The molecule has 3 N–H and O–H groups in total. The largest absolute Gasteiger partial charge is 0.488 e. The second-order valence-electron chi connectivity index (χ2n) is 8.68. The van der Waals surface area contributed by atoms with Gasteiger partial charge in [0, 0.05) is 23.8 Å². The van der Waals surface area contributed by atoms with Crippen molar-refractivity contribution < 1.29 is 9.53 Å². The van der Waals surface area contributed by atoms with Crippen LogP contribution < -0.4 is 15.8 Å². The molecule has 196 valence electrons. The van der Waals surface area contributed by atoms with Crippen LogP contribution in [-0.4, -0.2) is 24.9 Å². The lowest BCUT2D eigenvalue weighted by atomic mass is 10.0. The molecule has 0 aliphatic rings. The highest BCUT2D eigenvalue weighted by molar-refractivity contribution is 6.31. The van der Waals surface area contributed by atoms with Crippen LogP contribution in [0.15, 0.2) is 120 Å². The van der Waals surface area contributed by atoms with E-state index >= 15 is 0 Å². The Morgan fingerprint density at radius 2 is 1.62 bits per heavy atom. The highest BCUT2D eigenvalue weighted by atomic mass is 35.5. The van der Waals surface area contributed by atoms with E-state index in [2.05, 4.69) is 46.5 Å². The molecular weight excluding hydrogens is 508 g/mol. The minimum Gasteiger partial charge on any atom is -0.488 e. The molecule has 0 aliphatic heterocycles. The third-order valence-corrected chi connectivity index (χ3v) is 6.26. The van der Waals surface area contributed by atoms with Crippen LogP contribution in [0.3, 0.4) is 0 Å². The summed E-state index contributed by atoms with van der Waals surface area (Å²) in [7, 11) is 0. The molecule has 6 nitrogen and oxygen atoms in total. The fraction of sp³-hybridized carbons (Fsp3) is 0.0938. The highest BCUT2D eigenvalue weighted by Crippen LogP contribution is 2.24. The van der Waals surface area contributed by atoms with E-state index in [-0.39, 0.29) is 5.91 Å². The molecule has 0 aliphatic carbocycles. The van der Waals surface area contributed by atoms with Crippen LogP contribution in [0.25, 0.3) is 11.1 Å². The number of benzene rings is 4. The van der Waals surface area contributed by atoms with Crippen LogP contribution in [-0.2, 0) is 13.0 Å². The van der Waals surface area contributed by atoms with Gasteiger partial charge in [0.25, 0.3) is 5.91 Å². The Morgan fingerprint density at radius 1 is 0.923 bits per heavy atom. The number of rotatable bonds is 11. The quantitative estimate of drug-likeness (QED) is 0.171. The Balaban J connectivity index is 1.34. The van der Waals surface area contributed by atoms with Crippen LogP contribution in [0.2, 0.25) is 5.02 Å². The molecule has 0 heterocycles. The summed E-state index contributed by atoms with van der Waals surface area (Å²) in [5, 5.41) is 11.1. The number of hydrogen-bond acceptors (Lipinski definition) is 5. The van der Waals surface area contributed by atoms with E-state index in [4.69, 9.17) is 22.1 Å². The van der Waals surface area contributed by atoms with E-state index in [9.17, 15) is 4.79 Å². The summed E-state index contributed by atoms with van der Waals surface area (Å²) in [4.78, 5) is 12.9. The van der Waals surface area contributed by atoms with Crippen molar-refractivity contribution >= 4 is 29.9 Å². The lowest BCUT2D eigenvalue weighted by molar-refractivity contribution is 0.0949.